The van der Waals surface area contributed by atoms with Crippen molar-refractivity contribution < 1.29 is 23.8 Å². The molecule has 3 aromatic rings. The Bertz CT molecular complexity index is 1080. The summed E-state index contributed by atoms with van der Waals surface area (Å²) in [7, 11) is 0. The van der Waals surface area contributed by atoms with Gasteiger partial charge < -0.3 is 14.3 Å². The Labute approximate surface area is 174 Å². The number of aliphatic hydroxyl groups is 1. The number of anilines is 1. The van der Waals surface area contributed by atoms with Crippen LogP contribution in [0, 0.1) is 0 Å². The SMILES string of the molecule is CC(C)Oc1ccc(N2C(=O)C(O)=C(C(=O)c3ccco3)C2c2ccccc2)cc1. The van der Waals surface area contributed by atoms with Crippen LogP contribution >= 0.6 is 0 Å². The fourth-order valence-electron chi connectivity index (χ4n) is 3.55. The molecule has 30 heavy (non-hydrogen) atoms. The molecule has 0 spiro atoms. The Balaban J connectivity index is 1.79. The third kappa shape index (κ3) is 3.48. The molecule has 1 atom stereocenters. The topological polar surface area (TPSA) is 80.0 Å². The summed E-state index contributed by atoms with van der Waals surface area (Å²) in [5, 5.41) is 10.7. The van der Waals surface area contributed by atoms with Gasteiger partial charge in [-0.3, -0.25) is 14.5 Å². The maximum absolute atomic E-state index is 13.1. The summed E-state index contributed by atoms with van der Waals surface area (Å²) in [6.45, 7) is 3.86. The van der Waals surface area contributed by atoms with Crippen molar-refractivity contribution in [3.8, 4) is 5.75 Å². The number of carbonyl (C=O) groups is 2. The zero-order valence-electron chi connectivity index (χ0n) is 16.6. The van der Waals surface area contributed by atoms with E-state index in [4.69, 9.17) is 9.15 Å². The molecular formula is C24H21NO5. The van der Waals surface area contributed by atoms with Crippen LogP contribution in [0.15, 0.2) is 88.7 Å². The first-order chi connectivity index (χ1) is 14.5. The van der Waals surface area contributed by atoms with E-state index in [1.165, 1.54) is 17.2 Å². The quantitative estimate of drug-likeness (QED) is 0.595. The molecule has 1 amide bonds. The lowest BCUT2D eigenvalue weighted by atomic mass is 9.95. The second-order valence-corrected chi connectivity index (χ2v) is 7.22. The van der Waals surface area contributed by atoms with Crippen molar-refractivity contribution in [2.75, 3.05) is 4.90 Å². The monoisotopic (exact) mass is 403 g/mol. The van der Waals surface area contributed by atoms with E-state index in [-0.39, 0.29) is 17.4 Å². The maximum atomic E-state index is 13.1. The van der Waals surface area contributed by atoms with E-state index >= 15 is 0 Å². The highest BCUT2D eigenvalue weighted by Crippen LogP contribution is 2.42. The van der Waals surface area contributed by atoms with Gasteiger partial charge in [-0.2, -0.15) is 0 Å². The number of ketones is 1. The van der Waals surface area contributed by atoms with Gasteiger partial charge in [0, 0.05) is 5.69 Å². The molecule has 1 aliphatic heterocycles. The van der Waals surface area contributed by atoms with Gasteiger partial charge in [0.15, 0.2) is 11.5 Å². The van der Waals surface area contributed by atoms with Crippen molar-refractivity contribution in [3.63, 3.8) is 0 Å². The summed E-state index contributed by atoms with van der Waals surface area (Å²) in [5.41, 5.74) is 1.23. The smallest absolute Gasteiger partial charge is 0.294 e. The van der Waals surface area contributed by atoms with Crippen LogP contribution in [0.1, 0.15) is 36.0 Å². The third-order valence-electron chi connectivity index (χ3n) is 4.80. The summed E-state index contributed by atoms with van der Waals surface area (Å²) >= 11 is 0. The van der Waals surface area contributed by atoms with Gasteiger partial charge >= 0.3 is 0 Å². The minimum Gasteiger partial charge on any atom is -0.503 e. The number of rotatable bonds is 6. The second-order valence-electron chi connectivity index (χ2n) is 7.22. The standard InChI is InChI=1S/C24H21NO5/c1-15(2)30-18-12-10-17(11-13-18)25-21(16-7-4-3-5-8-16)20(23(27)24(25)28)22(26)19-9-6-14-29-19/h3-15,21,27H,1-2H3. The van der Waals surface area contributed by atoms with Gasteiger partial charge in [-0.1, -0.05) is 30.3 Å². The fraction of sp³-hybridized carbons (Fsp3) is 0.167. The number of hydrogen-bond acceptors (Lipinski definition) is 5. The fourth-order valence-corrected chi connectivity index (χ4v) is 3.55. The molecule has 152 valence electrons. The molecule has 0 saturated heterocycles. The molecule has 0 bridgehead atoms. The molecule has 1 aliphatic rings. The number of carbonyl (C=O) groups excluding carboxylic acids is 2. The van der Waals surface area contributed by atoms with Crippen molar-refractivity contribution in [3.05, 3.63) is 95.6 Å². The largest absolute Gasteiger partial charge is 0.503 e. The molecule has 2 aromatic carbocycles. The first kappa shape index (κ1) is 19.5. The molecule has 0 aliphatic carbocycles. The normalized spacial score (nSPS) is 16.4. The number of benzene rings is 2. The number of Topliss-reactive ketones (excluding diaryl/α,β-unsaturated/α-hetero) is 1. The van der Waals surface area contributed by atoms with Crippen molar-refractivity contribution in [1.29, 1.82) is 0 Å². The highest BCUT2D eigenvalue weighted by atomic mass is 16.5. The number of nitrogens with zero attached hydrogens (tertiary/aromatic N) is 1. The summed E-state index contributed by atoms with van der Waals surface area (Å²) in [6, 6.07) is 18.4. The highest BCUT2D eigenvalue weighted by molar-refractivity contribution is 6.20. The molecule has 1 N–H and O–H groups in total. The maximum Gasteiger partial charge on any atom is 0.294 e. The highest BCUT2D eigenvalue weighted by Gasteiger charge is 2.45. The minimum absolute atomic E-state index is 0.0105. The molecule has 0 saturated carbocycles. The van der Waals surface area contributed by atoms with E-state index in [1.54, 1.807) is 30.3 Å². The lowest BCUT2D eigenvalue weighted by Gasteiger charge is -2.27. The van der Waals surface area contributed by atoms with Crippen LogP contribution in [0.25, 0.3) is 0 Å². The molecule has 1 aromatic heterocycles. The molecule has 1 unspecified atom stereocenters. The Morgan fingerprint density at radius 3 is 2.33 bits per heavy atom. The summed E-state index contributed by atoms with van der Waals surface area (Å²) < 4.78 is 10.9. The van der Waals surface area contributed by atoms with Gasteiger partial charge in [-0.25, -0.2) is 0 Å². The molecule has 0 fully saturated rings. The Morgan fingerprint density at radius 1 is 1.03 bits per heavy atom. The zero-order chi connectivity index (χ0) is 21.3. The van der Waals surface area contributed by atoms with Crippen LogP contribution in [0.2, 0.25) is 0 Å². The molecule has 0 radical (unpaired) electrons. The van der Waals surface area contributed by atoms with Crippen LogP contribution in [-0.4, -0.2) is 22.9 Å². The zero-order valence-corrected chi connectivity index (χ0v) is 16.6. The Morgan fingerprint density at radius 2 is 1.73 bits per heavy atom. The molecule has 6 heteroatoms. The van der Waals surface area contributed by atoms with E-state index in [9.17, 15) is 14.7 Å². The van der Waals surface area contributed by atoms with E-state index in [2.05, 4.69) is 0 Å². The van der Waals surface area contributed by atoms with E-state index in [1.807, 2.05) is 44.2 Å². The van der Waals surface area contributed by atoms with E-state index in [0.29, 0.717) is 17.0 Å². The average Bonchev–Trinajstić information content (AvgIpc) is 3.36. The minimum atomic E-state index is -0.784. The predicted octanol–water partition coefficient (Wildman–Crippen LogP) is 4.85. The summed E-state index contributed by atoms with van der Waals surface area (Å²) in [4.78, 5) is 27.5. The number of aliphatic hydroxyl groups excluding tert-OH is 1. The van der Waals surface area contributed by atoms with Crippen LogP contribution in [0.4, 0.5) is 5.69 Å². The van der Waals surface area contributed by atoms with E-state index < -0.39 is 23.5 Å². The first-order valence-electron chi connectivity index (χ1n) is 9.64. The van der Waals surface area contributed by atoms with Crippen molar-refractivity contribution in [2.24, 2.45) is 0 Å². The summed E-state index contributed by atoms with van der Waals surface area (Å²) in [5.74, 6) is -1.01. The number of amides is 1. The van der Waals surface area contributed by atoms with Crippen LogP contribution in [0.5, 0.6) is 5.75 Å². The van der Waals surface area contributed by atoms with Gasteiger partial charge in [0.05, 0.1) is 24.0 Å². The average molecular weight is 403 g/mol. The van der Waals surface area contributed by atoms with E-state index in [0.717, 1.165) is 0 Å². The van der Waals surface area contributed by atoms with Crippen LogP contribution < -0.4 is 9.64 Å². The van der Waals surface area contributed by atoms with Gasteiger partial charge in [0.1, 0.15) is 5.75 Å². The van der Waals surface area contributed by atoms with Gasteiger partial charge in [0.25, 0.3) is 5.91 Å². The van der Waals surface area contributed by atoms with Crippen molar-refractivity contribution in [2.45, 2.75) is 26.0 Å². The number of furan rings is 1. The lowest BCUT2D eigenvalue weighted by molar-refractivity contribution is -0.117. The first-order valence-corrected chi connectivity index (χ1v) is 9.64. The number of ether oxygens (including phenoxy) is 1. The third-order valence-corrected chi connectivity index (χ3v) is 4.80. The molecule has 6 nitrogen and oxygen atoms in total. The second kappa shape index (κ2) is 7.91. The van der Waals surface area contributed by atoms with Gasteiger partial charge in [-0.05, 0) is 55.8 Å². The van der Waals surface area contributed by atoms with Crippen LogP contribution in [0.3, 0.4) is 0 Å². The summed E-state index contributed by atoms with van der Waals surface area (Å²) in [6.07, 6.45) is 1.40. The van der Waals surface area contributed by atoms with Gasteiger partial charge in [0.2, 0.25) is 5.78 Å². The Kier molecular flexibility index (Phi) is 5.14. The molecule has 4 rings (SSSR count). The predicted molar refractivity (Wildman–Crippen MR) is 112 cm³/mol. The molecule has 2 heterocycles. The number of hydrogen-bond donors (Lipinski definition) is 1. The lowest BCUT2D eigenvalue weighted by Crippen LogP contribution is -2.31. The Hall–Kier alpha value is -3.80. The van der Waals surface area contributed by atoms with Crippen molar-refractivity contribution in [1.82, 2.24) is 0 Å². The molecular weight excluding hydrogens is 382 g/mol. The van der Waals surface area contributed by atoms with Gasteiger partial charge in [-0.15, -0.1) is 0 Å². The van der Waals surface area contributed by atoms with Crippen molar-refractivity contribution >= 4 is 17.4 Å². The van der Waals surface area contributed by atoms with Crippen LogP contribution in [-0.2, 0) is 4.79 Å².